The van der Waals surface area contributed by atoms with Gasteiger partial charge in [0.1, 0.15) is 5.69 Å². The second kappa shape index (κ2) is 7.58. The molecule has 0 unspecified atom stereocenters. The molecule has 170 valence electrons. The highest BCUT2D eigenvalue weighted by atomic mass is 15.4. The number of fused-ring (bicyclic) bond motifs is 3. The van der Waals surface area contributed by atoms with E-state index in [-0.39, 0.29) is 5.54 Å². The molecule has 0 amide bonds. The number of H-pyrrole nitrogens is 1. The second-order valence-electron chi connectivity index (χ2n) is 9.31. The van der Waals surface area contributed by atoms with Crippen molar-refractivity contribution >= 4 is 16.6 Å². The average molecular weight is 459 g/mol. The molecule has 0 aliphatic heterocycles. The van der Waals surface area contributed by atoms with Gasteiger partial charge >= 0.3 is 5.82 Å². The molecule has 1 aliphatic carbocycles. The Labute approximate surface area is 201 Å². The Morgan fingerprint density at radius 1 is 0.914 bits per heavy atom. The van der Waals surface area contributed by atoms with Gasteiger partial charge < -0.3 is 5.73 Å². The Balaban J connectivity index is 1.48. The molecule has 7 rings (SSSR count). The summed E-state index contributed by atoms with van der Waals surface area (Å²) in [5.41, 5.74) is 13.5. The largest absolute Gasteiger partial charge is 0.321 e. The Hall–Kier alpha value is -4.36. The molecule has 3 N–H and O–H groups in total. The molecule has 4 heterocycles. The molecule has 7 heteroatoms. The van der Waals surface area contributed by atoms with Crippen molar-refractivity contribution in [3.63, 3.8) is 0 Å². The lowest BCUT2D eigenvalue weighted by Crippen LogP contribution is -2.43. The monoisotopic (exact) mass is 458 g/mol. The summed E-state index contributed by atoms with van der Waals surface area (Å²) in [7, 11) is 0. The minimum atomic E-state index is -0.192. The van der Waals surface area contributed by atoms with Crippen molar-refractivity contribution in [3.05, 3.63) is 97.1 Å². The SMILES string of the molecule is NC1(c2ccc(-n3nc(-c4cn[nH]c4)[n+]4ccc5ncc(-c6ccccc6)cc5c34)cc2)CCC1. The molecule has 1 fully saturated rings. The number of hydrogen-bond donors (Lipinski definition) is 2. The molecule has 1 saturated carbocycles. The number of nitrogens with one attached hydrogen (secondary N) is 1. The Bertz CT molecular complexity index is 1660. The van der Waals surface area contributed by atoms with Crippen LogP contribution < -0.4 is 10.1 Å². The van der Waals surface area contributed by atoms with E-state index in [1.165, 1.54) is 12.0 Å². The summed E-state index contributed by atoms with van der Waals surface area (Å²) in [4.78, 5) is 4.79. The van der Waals surface area contributed by atoms with Crippen LogP contribution in [0.4, 0.5) is 0 Å². The number of aromatic nitrogens is 6. The van der Waals surface area contributed by atoms with Crippen molar-refractivity contribution in [3.8, 4) is 28.2 Å². The van der Waals surface area contributed by atoms with Crippen molar-refractivity contribution in [2.24, 2.45) is 5.73 Å². The molecular formula is C28H24N7+. The van der Waals surface area contributed by atoms with Crippen LogP contribution in [0.2, 0.25) is 0 Å². The standard InChI is InChI=1S/C28H24N7/c29-28(12-4-13-28)22-7-9-23(10-8-22)35-27-24-15-20(19-5-2-1-3-6-19)16-30-25(24)11-14-34(27)26(33-35)21-17-31-32-18-21/h1-3,5-11,14-18H,4,12-13,29H2,(H,31,32)/q+1. The summed E-state index contributed by atoms with van der Waals surface area (Å²) in [6.07, 6.45) is 10.9. The normalized spacial score (nSPS) is 14.9. The summed E-state index contributed by atoms with van der Waals surface area (Å²) in [6.45, 7) is 0. The maximum Gasteiger partial charge on any atom is 0.317 e. The fourth-order valence-electron chi connectivity index (χ4n) is 5.03. The molecule has 0 atom stereocenters. The minimum Gasteiger partial charge on any atom is -0.321 e. The fourth-order valence-corrected chi connectivity index (χ4v) is 5.03. The van der Waals surface area contributed by atoms with Gasteiger partial charge in [-0.1, -0.05) is 47.1 Å². The summed E-state index contributed by atoms with van der Waals surface area (Å²) in [5, 5.41) is 13.1. The van der Waals surface area contributed by atoms with Gasteiger partial charge in [-0.2, -0.15) is 9.50 Å². The van der Waals surface area contributed by atoms with Gasteiger partial charge in [-0.15, -0.1) is 0 Å². The maximum atomic E-state index is 6.57. The molecule has 0 spiro atoms. The van der Waals surface area contributed by atoms with E-state index in [1.54, 1.807) is 6.20 Å². The van der Waals surface area contributed by atoms with Gasteiger partial charge in [0, 0.05) is 23.5 Å². The average Bonchev–Trinajstić information content (AvgIpc) is 3.56. The lowest BCUT2D eigenvalue weighted by atomic mass is 9.73. The van der Waals surface area contributed by atoms with Crippen molar-refractivity contribution in [1.82, 2.24) is 25.0 Å². The number of nitrogens with zero attached hydrogens (tertiary/aromatic N) is 5. The van der Waals surface area contributed by atoms with E-state index in [4.69, 9.17) is 15.8 Å². The first-order chi connectivity index (χ1) is 17.2. The first-order valence-corrected chi connectivity index (χ1v) is 11.9. The van der Waals surface area contributed by atoms with Crippen LogP contribution in [0.3, 0.4) is 0 Å². The predicted octanol–water partition coefficient (Wildman–Crippen LogP) is 4.55. The lowest BCUT2D eigenvalue weighted by Gasteiger charge is -2.38. The third-order valence-corrected chi connectivity index (χ3v) is 7.19. The molecule has 4 aromatic heterocycles. The van der Waals surface area contributed by atoms with Gasteiger partial charge in [0.15, 0.2) is 0 Å². The maximum absolute atomic E-state index is 6.57. The minimum absolute atomic E-state index is 0.192. The lowest BCUT2D eigenvalue weighted by molar-refractivity contribution is -0.498. The zero-order valence-corrected chi connectivity index (χ0v) is 19.1. The number of benzene rings is 2. The fraction of sp³-hybridized carbons (Fsp3) is 0.143. The summed E-state index contributed by atoms with van der Waals surface area (Å²) < 4.78 is 4.10. The van der Waals surface area contributed by atoms with Crippen LogP contribution in [0.25, 0.3) is 44.8 Å². The second-order valence-corrected chi connectivity index (χ2v) is 9.31. The number of hydrogen-bond acceptors (Lipinski definition) is 4. The topological polar surface area (TPSA) is 89.5 Å². The zero-order valence-electron chi connectivity index (χ0n) is 19.1. The van der Waals surface area contributed by atoms with E-state index >= 15 is 0 Å². The van der Waals surface area contributed by atoms with Crippen molar-refractivity contribution < 1.29 is 4.40 Å². The Kier molecular flexibility index (Phi) is 4.34. The van der Waals surface area contributed by atoms with Crippen LogP contribution in [-0.4, -0.2) is 25.0 Å². The van der Waals surface area contributed by atoms with Crippen molar-refractivity contribution in [2.75, 3.05) is 0 Å². The molecule has 1 aliphatic rings. The highest BCUT2D eigenvalue weighted by Crippen LogP contribution is 2.39. The van der Waals surface area contributed by atoms with Gasteiger partial charge in [0.25, 0.3) is 5.65 Å². The van der Waals surface area contributed by atoms with Crippen LogP contribution in [0.5, 0.6) is 0 Å². The van der Waals surface area contributed by atoms with Gasteiger partial charge in [-0.05, 0) is 54.7 Å². The Morgan fingerprint density at radius 3 is 2.46 bits per heavy atom. The third kappa shape index (κ3) is 3.16. The summed E-state index contributed by atoms with van der Waals surface area (Å²) >= 11 is 0. The predicted molar refractivity (Wildman–Crippen MR) is 135 cm³/mol. The first-order valence-electron chi connectivity index (χ1n) is 11.9. The van der Waals surface area contributed by atoms with Gasteiger partial charge in [0.05, 0.1) is 34.0 Å². The number of aromatic amines is 1. The van der Waals surface area contributed by atoms with Crippen LogP contribution >= 0.6 is 0 Å². The van der Waals surface area contributed by atoms with Crippen molar-refractivity contribution in [2.45, 2.75) is 24.8 Å². The molecule has 0 bridgehead atoms. The highest BCUT2D eigenvalue weighted by Gasteiger charge is 2.34. The van der Waals surface area contributed by atoms with Gasteiger partial charge in [-0.3, -0.25) is 10.1 Å². The first kappa shape index (κ1) is 20.1. The van der Waals surface area contributed by atoms with Crippen LogP contribution in [-0.2, 0) is 5.54 Å². The number of pyridine rings is 2. The molecule has 2 aromatic carbocycles. The summed E-state index contributed by atoms with van der Waals surface area (Å²) in [5.74, 6) is 0.805. The smallest absolute Gasteiger partial charge is 0.317 e. The van der Waals surface area contributed by atoms with E-state index in [1.807, 2.05) is 47.5 Å². The van der Waals surface area contributed by atoms with Gasteiger partial charge in [-0.25, -0.2) is 0 Å². The molecule has 0 radical (unpaired) electrons. The molecule has 7 nitrogen and oxygen atoms in total. The molecule has 0 saturated heterocycles. The van der Waals surface area contributed by atoms with Crippen LogP contribution in [0.1, 0.15) is 24.8 Å². The quantitative estimate of drug-likeness (QED) is 0.379. The highest BCUT2D eigenvalue weighted by molar-refractivity contribution is 5.93. The third-order valence-electron chi connectivity index (χ3n) is 7.19. The van der Waals surface area contributed by atoms with E-state index in [0.717, 1.165) is 57.6 Å². The molecule has 35 heavy (non-hydrogen) atoms. The van der Waals surface area contributed by atoms with E-state index in [9.17, 15) is 0 Å². The van der Waals surface area contributed by atoms with Gasteiger partial charge in [0.2, 0.25) is 0 Å². The van der Waals surface area contributed by atoms with E-state index in [2.05, 4.69) is 57.1 Å². The number of rotatable bonds is 4. The molecular weight excluding hydrogens is 434 g/mol. The van der Waals surface area contributed by atoms with Crippen molar-refractivity contribution in [1.29, 1.82) is 0 Å². The zero-order chi connectivity index (χ0) is 23.4. The van der Waals surface area contributed by atoms with Crippen LogP contribution in [0.15, 0.2) is 91.5 Å². The Morgan fingerprint density at radius 2 is 1.74 bits per heavy atom. The van der Waals surface area contributed by atoms with Crippen LogP contribution in [0, 0.1) is 0 Å². The summed E-state index contributed by atoms with van der Waals surface area (Å²) in [6, 6.07) is 23.1. The van der Waals surface area contributed by atoms with E-state index < -0.39 is 0 Å². The molecule has 6 aromatic rings. The number of nitrogens with two attached hydrogens (primary N) is 1. The van der Waals surface area contributed by atoms with E-state index in [0.29, 0.717) is 0 Å².